The topological polar surface area (TPSA) is 135 Å². The summed E-state index contributed by atoms with van der Waals surface area (Å²) in [5.74, 6) is 2.48. The maximum atomic E-state index is 8.82. The van der Waals surface area contributed by atoms with Crippen LogP contribution < -0.4 is 20.5 Å². The van der Waals surface area contributed by atoms with Gasteiger partial charge in [-0.1, -0.05) is 6.07 Å². The smallest absolute Gasteiger partial charge is 0.158 e. The number of ether oxygens (including phenoxy) is 2. The molecule has 0 bridgehead atoms. The molecule has 0 atom stereocenters. The first kappa shape index (κ1) is 18.7. The van der Waals surface area contributed by atoms with E-state index in [2.05, 4.69) is 25.5 Å². The van der Waals surface area contributed by atoms with E-state index in [-0.39, 0.29) is 17.8 Å². The highest BCUT2D eigenvalue weighted by Crippen LogP contribution is 2.42. The number of rotatable bonds is 6. The first-order valence-electron chi connectivity index (χ1n) is 9.22. The van der Waals surface area contributed by atoms with Crippen LogP contribution in [0.4, 0.5) is 11.6 Å². The Kier molecular flexibility index (Phi) is 5.01. The Bertz CT molecular complexity index is 1050. The van der Waals surface area contributed by atoms with Gasteiger partial charge in [-0.05, 0) is 31.4 Å². The van der Waals surface area contributed by atoms with Crippen molar-refractivity contribution in [1.82, 2.24) is 20.2 Å². The molecule has 0 aliphatic heterocycles. The first-order valence-corrected chi connectivity index (χ1v) is 9.22. The molecule has 9 nitrogen and oxygen atoms in total. The molecule has 9 heteroatoms. The lowest BCUT2D eigenvalue weighted by Crippen LogP contribution is -2.43. The molecule has 4 N–H and O–H groups in total. The Morgan fingerprint density at radius 1 is 1.24 bits per heavy atom. The zero-order valence-electron chi connectivity index (χ0n) is 16.1. The second-order valence-corrected chi connectivity index (χ2v) is 6.95. The number of hydrogen-bond acceptors (Lipinski definition) is 8. The van der Waals surface area contributed by atoms with Crippen molar-refractivity contribution in [2.24, 2.45) is 5.73 Å². The van der Waals surface area contributed by atoms with Crippen LogP contribution in [0.3, 0.4) is 0 Å². The Labute approximate surface area is 167 Å². The molecule has 1 saturated carbocycles. The van der Waals surface area contributed by atoms with Gasteiger partial charge < -0.3 is 20.5 Å². The monoisotopic (exact) mass is 391 g/mol. The summed E-state index contributed by atoms with van der Waals surface area (Å²) in [4.78, 5) is 8.14. The molecular weight excluding hydrogens is 370 g/mol. The van der Waals surface area contributed by atoms with Gasteiger partial charge in [-0.3, -0.25) is 5.10 Å². The Hall–Kier alpha value is -3.64. The zero-order valence-corrected chi connectivity index (χ0v) is 16.1. The van der Waals surface area contributed by atoms with Crippen molar-refractivity contribution in [3.63, 3.8) is 0 Å². The number of aromatic amines is 1. The molecule has 0 unspecified atom stereocenters. The summed E-state index contributed by atoms with van der Waals surface area (Å²) >= 11 is 0. The van der Waals surface area contributed by atoms with Gasteiger partial charge in [0, 0.05) is 12.1 Å². The lowest BCUT2D eigenvalue weighted by atomic mass is 9.90. The fourth-order valence-electron chi connectivity index (χ4n) is 3.26. The van der Waals surface area contributed by atoms with Crippen molar-refractivity contribution < 1.29 is 9.47 Å². The summed E-state index contributed by atoms with van der Waals surface area (Å²) in [6.45, 7) is 1.98. The Balaban J connectivity index is 1.63. The van der Waals surface area contributed by atoms with E-state index in [0.29, 0.717) is 11.6 Å². The molecule has 0 radical (unpaired) electrons. The number of nitriles is 1. The molecule has 0 spiro atoms. The predicted molar refractivity (Wildman–Crippen MR) is 107 cm³/mol. The van der Waals surface area contributed by atoms with Crippen LogP contribution in [0.2, 0.25) is 0 Å². The number of nitrogens with zero attached hydrogens (tertiary/aromatic N) is 4. The van der Waals surface area contributed by atoms with Gasteiger partial charge in [-0.2, -0.15) is 10.4 Å². The molecule has 2 heterocycles. The van der Waals surface area contributed by atoms with Gasteiger partial charge >= 0.3 is 0 Å². The fourth-order valence-corrected chi connectivity index (χ4v) is 3.26. The third-order valence-electron chi connectivity index (χ3n) is 4.82. The van der Waals surface area contributed by atoms with E-state index in [0.717, 1.165) is 41.2 Å². The van der Waals surface area contributed by atoms with Gasteiger partial charge in [0.25, 0.3) is 0 Å². The van der Waals surface area contributed by atoms with Gasteiger partial charge in [-0.25, -0.2) is 9.97 Å². The van der Waals surface area contributed by atoms with E-state index in [9.17, 15) is 0 Å². The van der Waals surface area contributed by atoms with E-state index in [1.807, 2.05) is 31.2 Å². The molecule has 0 amide bonds. The minimum absolute atomic E-state index is 0.102. The highest BCUT2D eigenvalue weighted by Gasteiger charge is 2.29. The largest absolute Gasteiger partial charge is 0.496 e. The number of benzene rings is 1. The first-order chi connectivity index (χ1) is 14.1. The van der Waals surface area contributed by atoms with Gasteiger partial charge in [0.2, 0.25) is 0 Å². The Morgan fingerprint density at radius 2 is 2.07 bits per heavy atom. The van der Waals surface area contributed by atoms with Gasteiger partial charge in [0.15, 0.2) is 11.5 Å². The third kappa shape index (κ3) is 3.83. The average molecular weight is 391 g/mol. The van der Waals surface area contributed by atoms with Crippen molar-refractivity contribution in [2.75, 3.05) is 12.4 Å². The van der Waals surface area contributed by atoms with E-state index < -0.39 is 0 Å². The average Bonchev–Trinajstić information content (AvgIpc) is 3.16. The van der Waals surface area contributed by atoms with E-state index in [4.69, 9.17) is 20.5 Å². The Morgan fingerprint density at radius 3 is 2.72 bits per heavy atom. The molecule has 1 fully saturated rings. The van der Waals surface area contributed by atoms with Crippen molar-refractivity contribution >= 4 is 11.6 Å². The lowest BCUT2D eigenvalue weighted by molar-refractivity contribution is 0.101. The number of nitrogens with one attached hydrogen (secondary N) is 2. The molecule has 2 aromatic heterocycles. The number of anilines is 2. The summed E-state index contributed by atoms with van der Waals surface area (Å²) in [6, 6.07) is 7.89. The summed E-state index contributed by atoms with van der Waals surface area (Å²) in [5.41, 5.74) is 8.68. The standard InChI is InChI=1S/C20H21N7O2/c1-11-3-4-16(29-14-5-12(22)6-14)19(20(11)28-2)15-7-17(27-26-15)25-18-10-23-13(8-21)9-24-18/h3-4,7,9-10,12,14H,5-6,22H2,1-2H3,(H2,24,25,26,27). The van der Waals surface area contributed by atoms with Gasteiger partial charge in [0.1, 0.15) is 29.5 Å². The molecule has 148 valence electrons. The van der Waals surface area contributed by atoms with Crippen LogP contribution in [-0.2, 0) is 0 Å². The fraction of sp³-hybridized carbons (Fsp3) is 0.300. The van der Waals surface area contributed by atoms with Crippen LogP contribution >= 0.6 is 0 Å². The SMILES string of the molecule is COc1c(C)ccc(OC2CC(N)C2)c1-c1cc(Nc2cnc(C#N)cn2)n[nH]1. The molecule has 4 rings (SSSR count). The quantitative estimate of drug-likeness (QED) is 0.584. The number of hydrogen-bond donors (Lipinski definition) is 3. The summed E-state index contributed by atoms with van der Waals surface area (Å²) in [6.07, 6.45) is 4.65. The number of aryl methyl sites for hydroxylation is 1. The molecule has 0 saturated heterocycles. The van der Waals surface area contributed by atoms with Crippen molar-refractivity contribution in [3.05, 3.63) is 41.9 Å². The molecular formula is C20H21N7O2. The number of H-pyrrole nitrogens is 1. The normalized spacial score (nSPS) is 17.9. The van der Waals surface area contributed by atoms with Crippen LogP contribution in [0.15, 0.2) is 30.6 Å². The minimum atomic E-state index is 0.102. The van der Waals surface area contributed by atoms with Crippen LogP contribution in [0.25, 0.3) is 11.3 Å². The summed E-state index contributed by atoms with van der Waals surface area (Å²) < 4.78 is 11.8. The van der Waals surface area contributed by atoms with Crippen LogP contribution in [0, 0.1) is 18.3 Å². The predicted octanol–water partition coefficient (Wildman–Crippen LogP) is 2.67. The zero-order chi connectivity index (χ0) is 20.4. The molecule has 1 aliphatic carbocycles. The van der Waals surface area contributed by atoms with E-state index in [1.54, 1.807) is 7.11 Å². The van der Waals surface area contributed by atoms with Crippen LogP contribution in [-0.4, -0.2) is 39.4 Å². The van der Waals surface area contributed by atoms with E-state index >= 15 is 0 Å². The van der Waals surface area contributed by atoms with Gasteiger partial charge in [-0.15, -0.1) is 0 Å². The van der Waals surface area contributed by atoms with Crippen molar-refractivity contribution in [2.45, 2.75) is 31.9 Å². The third-order valence-corrected chi connectivity index (χ3v) is 4.82. The maximum Gasteiger partial charge on any atom is 0.158 e. The van der Waals surface area contributed by atoms with Crippen LogP contribution in [0.5, 0.6) is 11.5 Å². The second-order valence-electron chi connectivity index (χ2n) is 6.95. The lowest BCUT2D eigenvalue weighted by Gasteiger charge is -2.33. The highest BCUT2D eigenvalue weighted by molar-refractivity contribution is 5.78. The van der Waals surface area contributed by atoms with Gasteiger partial charge in [0.05, 0.1) is 30.8 Å². The summed E-state index contributed by atoms with van der Waals surface area (Å²) in [5, 5.41) is 19.2. The highest BCUT2D eigenvalue weighted by atomic mass is 16.5. The van der Waals surface area contributed by atoms with Crippen molar-refractivity contribution in [3.8, 4) is 28.8 Å². The minimum Gasteiger partial charge on any atom is -0.496 e. The van der Waals surface area contributed by atoms with Crippen molar-refractivity contribution in [1.29, 1.82) is 5.26 Å². The molecule has 29 heavy (non-hydrogen) atoms. The second kappa shape index (κ2) is 7.77. The molecule has 3 aromatic rings. The molecule has 1 aliphatic rings. The number of aromatic nitrogens is 4. The van der Waals surface area contributed by atoms with E-state index in [1.165, 1.54) is 12.4 Å². The number of methoxy groups -OCH3 is 1. The number of nitrogens with two attached hydrogens (primary N) is 1. The maximum absolute atomic E-state index is 8.82. The van der Waals surface area contributed by atoms with Crippen LogP contribution in [0.1, 0.15) is 24.1 Å². The summed E-state index contributed by atoms with van der Waals surface area (Å²) in [7, 11) is 1.64. The molecule has 1 aromatic carbocycles.